The van der Waals surface area contributed by atoms with Crippen LogP contribution in [0.1, 0.15) is 23.2 Å². The molecule has 3 aliphatic rings. The van der Waals surface area contributed by atoms with Gasteiger partial charge in [-0.15, -0.1) is 0 Å². The van der Waals surface area contributed by atoms with Crippen molar-refractivity contribution in [2.24, 2.45) is 11.8 Å². The summed E-state index contributed by atoms with van der Waals surface area (Å²) in [4.78, 5) is 27.0. The number of imide groups is 1. The second kappa shape index (κ2) is 3.81. The van der Waals surface area contributed by atoms with Gasteiger partial charge in [-0.3, -0.25) is 9.59 Å². The minimum atomic E-state index is -0.246. The molecule has 2 aromatic rings. The van der Waals surface area contributed by atoms with Crippen molar-refractivity contribution in [3.8, 4) is 0 Å². The second-order valence-corrected chi connectivity index (χ2v) is 6.55. The highest BCUT2D eigenvalue weighted by molar-refractivity contribution is 7.08. The van der Waals surface area contributed by atoms with Gasteiger partial charge in [-0.25, -0.2) is 4.90 Å². The van der Waals surface area contributed by atoms with E-state index in [4.69, 9.17) is 0 Å². The summed E-state index contributed by atoms with van der Waals surface area (Å²) in [7, 11) is 0. The molecule has 3 aliphatic heterocycles. The quantitative estimate of drug-likeness (QED) is 0.821. The third-order valence-electron chi connectivity index (χ3n) is 4.88. The number of para-hydroxylation sites is 1. The second-order valence-electron chi connectivity index (χ2n) is 5.80. The Hall–Kier alpha value is -1.98. The van der Waals surface area contributed by atoms with Gasteiger partial charge in [-0.2, -0.15) is 11.3 Å². The van der Waals surface area contributed by atoms with Crippen LogP contribution in [0.2, 0.25) is 0 Å². The Morgan fingerprint density at radius 3 is 2.05 bits per heavy atom. The van der Waals surface area contributed by atoms with Crippen molar-refractivity contribution in [1.82, 2.24) is 5.32 Å². The minimum Gasteiger partial charge on any atom is -0.301 e. The third-order valence-corrected chi connectivity index (χ3v) is 5.66. The largest absolute Gasteiger partial charge is 0.301 e. The molecule has 5 rings (SSSR count). The van der Waals surface area contributed by atoms with Crippen LogP contribution in [-0.4, -0.2) is 11.8 Å². The van der Waals surface area contributed by atoms with Crippen LogP contribution in [0.15, 0.2) is 41.1 Å². The molecule has 0 radical (unpaired) electrons. The SMILES string of the molecule is O=C1[C@@H]2[C@H](C(=O)N1c1ccccc1)[C@H]1N[C@@H]2c2cscc21. The molecule has 1 N–H and O–H groups in total. The fraction of sp³-hybridized carbons (Fsp3) is 0.250. The van der Waals surface area contributed by atoms with E-state index >= 15 is 0 Å². The maximum Gasteiger partial charge on any atom is 0.239 e. The van der Waals surface area contributed by atoms with Crippen molar-refractivity contribution >= 4 is 28.8 Å². The lowest BCUT2D eigenvalue weighted by Crippen LogP contribution is -2.34. The van der Waals surface area contributed by atoms with E-state index in [1.807, 2.05) is 30.3 Å². The van der Waals surface area contributed by atoms with E-state index in [-0.39, 0.29) is 35.7 Å². The van der Waals surface area contributed by atoms with Crippen LogP contribution in [-0.2, 0) is 9.59 Å². The Kier molecular flexibility index (Phi) is 2.11. The summed E-state index contributed by atoms with van der Waals surface area (Å²) >= 11 is 1.65. The van der Waals surface area contributed by atoms with Gasteiger partial charge in [0.1, 0.15) is 0 Å². The van der Waals surface area contributed by atoms with E-state index in [1.54, 1.807) is 11.3 Å². The lowest BCUT2D eigenvalue weighted by molar-refractivity contribution is -0.123. The van der Waals surface area contributed by atoms with Crippen LogP contribution in [0.4, 0.5) is 5.69 Å². The van der Waals surface area contributed by atoms with Gasteiger partial charge in [0.25, 0.3) is 0 Å². The number of hydrogen-bond acceptors (Lipinski definition) is 4. The summed E-state index contributed by atoms with van der Waals surface area (Å²) in [5, 5.41) is 7.65. The van der Waals surface area contributed by atoms with Crippen molar-refractivity contribution in [3.05, 3.63) is 52.2 Å². The van der Waals surface area contributed by atoms with E-state index < -0.39 is 0 Å². The number of nitrogens with one attached hydrogen (secondary N) is 1. The Labute approximate surface area is 125 Å². The highest BCUT2D eigenvalue weighted by atomic mass is 32.1. The standard InChI is InChI=1S/C16H12N2O2S/c19-15-11-12(14-10-7-21-6-9(10)13(11)17-14)16(20)18(15)8-4-2-1-3-5-8/h1-7,11-14,17H/t11-,12+,13-,14+. The molecule has 2 amide bonds. The van der Waals surface area contributed by atoms with Crippen LogP contribution >= 0.6 is 11.3 Å². The number of anilines is 1. The maximum absolute atomic E-state index is 12.8. The topological polar surface area (TPSA) is 49.4 Å². The molecular weight excluding hydrogens is 284 g/mol. The molecular formula is C16H12N2O2S. The van der Waals surface area contributed by atoms with Gasteiger partial charge in [-0.05, 0) is 34.0 Å². The summed E-state index contributed by atoms with van der Waals surface area (Å²) in [5.41, 5.74) is 3.11. The average Bonchev–Trinajstić information content (AvgIpc) is 3.22. The predicted molar refractivity (Wildman–Crippen MR) is 78.9 cm³/mol. The van der Waals surface area contributed by atoms with Crippen LogP contribution in [0, 0.1) is 11.8 Å². The van der Waals surface area contributed by atoms with Gasteiger partial charge in [0.05, 0.1) is 17.5 Å². The number of rotatable bonds is 1. The number of fused-ring (bicyclic) bond motifs is 8. The molecule has 5 heteroatoms. The van der Waals surface area contributed by atoms with E-state index in [9.17, 15) is 9.59 Å². The molecule has 4 heterocycles. The maximum atomic E-state index is 12.8. The average molecular weight is 296 g/mol. The molecule has 104 valence electrons. The molecule has 4 nitrogen and oxygen atoms in total. The van der Waals surface area contributed by atoms with Crippen LogP contribution < -0.4 is 10.2 Å². The Morgan fingerprint density at radius 1 is 0.905 bits per heavy atom. The zero-order valence-corrected chi connectivity index (χ0v) is 11.8. The summed E-state index contributed by atoms with van der Waals surface area (Å²) in [6, 6.07) is 9.25. The fourth-order valence-electron chi connectivity index (χ4n) is 4.04. The Balaban J connectivity index is 1.62. The molecule has 4 atom stereocenters. The summed E-state index contributed by atoms with van der Waals surface area (Å²) in [6.45, 7) is 0. The smallest absolute Gasteiger partial charge is 0.239 e. The van der Waals surface area contributed by atoms with Crippen LogP contribution in [0.5, 0.6) is 0 Å². The number of thiophene rings is 1. The number of carbonyl (C=O) groups excluding carboxylic acids is 2. The number of carbonyl (C=O) groups is 2. The summed E-state index contributed by atoms with van der Waals surface area (Å²) < 4.78 is 0. The molecule has 2 saturated heterocycles. The normalized spacial score (nSPS) is 32.7. The molecule has 0 aliphatic carbocycles. The van der Waals surface area contributed by atoms with Crippen molar-refractivity contribution in [3.63, 3.8) is 0 Å². The first kappa shape index (κ1) is 11.7. The molecule has 2 fully saturated rings. The van der Waals surface area contributed by atoms with Gasteiger partial charge in [0, 0.05) is 12.1 Å². The van der Waals surface area contributed by atoms with Gasteiger partial charge in [0.2, 0.25) is 11.8 Å². The van der Waals surface area contributed by atoms with Crippen LogP contribution in [0.25, 0.3) is 0 Å². The van der Waals surface area contributed by atoms with E-state index in [1.165, 1.54) is 16.0 Å². The highest BCUT2D eigenvalue weighted by Gasteiger charge is 2.63. The number of amides is 2. The van der Waals surface area contributed by atoms with Gasteiger partial charge < -0.3 is 5.32 Å². The number of hydrogen-bond donors (Lipinski definition) is 1. The van der Waals surface area contributed by atoms with E-state index in [2.05, 4.69) is 16.1 Å². The number of benzene rings is 1. The molecule has 0 unspecified atom stereocenters. The molecule has 0 spiro atoms. The first-order chi connectivity index (χ1) is 10.3. The monoisotopic (exact) mass is 296 g/mol. The van der Waals surface area contributed by atoms with E-state index in [0.29, 0.717) is 5.69 Å². The zero-order valence-electron chi connectivity index (χ0n) is 11.0. The summed E-state index contributed by atoms with van der Waals surface area (Å²) in [6.07, 6.45) is 0. The number of nitrogens with zero attached hydrogens (tertiary/aromatic N) is 1. The lowest BCUT2D eigenvalue weighted by Gasteiger charge is -2.18. The molecule has 21 heavy (non-hydrogen) atoms. The highest BCUT2D eigenvalue weighted by Crippen LogP contribution is 2.57. The van der Waals surface area contributed by atoms with Gasteiger partial charge in [-0.1, -0.05) is 18.2 Å². The molecule has 1 aromatic heterocycles. The van der Waals surface area contributed by atoms with Gasteiger partial charge >= 0.3 is 0 Å². The van der Waals surface area contributed by atoms with Crippen molar-refractivity contribution in [1.29, 1.82) is 0 Å². The Morgan fingerprint density at radius 2 is 1.48 bits per heavy atom. The first-order valence-electron chi connectivity index (χ1n) is 7.02. The van der Waals surface area contributed by atoms with Crippen molar-refractivity contribution < 1.29 is 9.59 Å². The van der Waals surface area contributed by atoms with Crippen LogP contribution in [0.3, 0.4) is 0 Å². The molecule has 1 aromatic carbocycles. The van der Waals surface area contributed by atoms with Crippen molar-refractivity contribution in [2.75, 3.05) is 4.90 Å². The first-order valence-corrected chi connectivity index (χ1v) is 7.96. The minimum absolute atomic E-state index is 0.00594. The van der Waals surface area contributed by atoms with E-state index in [0.717, 1.165) is 0 Å². The third kappa shape index (κ3) is 1.28. The molecule has 0 saturated carbocycles. The fourth-order valence-corrected chi connectivity index (χ4v) is 4.96. The van der Waals surface area contributed by atoms with Crippen molar-refractivity contribution in [2.45, 2.75) is 12.1 Å². The summed E-state index contributed by atoms with van der Waals surface area (Å²) in [5.74, 6) is -0.615. The zero-order chi connectivity index (χ0) is 14.1. The Bertz CT molecular complexity index is 727. The lowest BCUT2D eigenvalue weighted by atomic mass is 9.79. The predicted octanol–water partition coefficient (Wildman–Crippen LogP) is 2.25. The molecule has 2 bridgehead atoms. The van der Waals surface area contributed by atoms with Gasteiger partial charge in [0.15, 0.2) is 0 Å².